The Hall–Kier alpha value is -2.34. The predicted octanol–water partition coefficient (Wildman–Crippen LogP) is 4.32. The molecule has 0 fully saturated rings. The molecule has 5 nitrogen and oxygen atoms in total. The van der Waals surface area contributed by atoms with Gasteiger partial charge in [0.1, 0.15) is 5.75 Å². The van der Waals surface area contributed by atoms with Crippen molar-refractivity contribution in [3.05, 3.63) is 42.4 Å². The Morgan fingerprint density at radius 1 is 1.41 bits per heavy atom. The van der Waals surface area contributed by atoms with E-state index < -0.39 is 0 Å². The summed E-state index contributed by atoms with van der Waals surface area (Å²) < 4.78 is 11.7. The van der Waals surface area contributed by atoms with E-state index in [1.54, 1.807) is 12.1 Å². The van der Waals surface area contributed by atoms with Gasteiger partial charge in [0.15, 0.2) is 10.9 Å². The van der Waals surface area contributed by atoms with Crippen molar-refractivity contribution < 1.29 is 13.9 Å². The lowest BCUT2D eigenvalue weighted by atomic mass is 10.3. The summed E-state index contributed by atoms with van der Waals surface area (Å²) in [4.78, 5) is 16.3. The second-order valence-corrected chi connectivity index (χ2v) is 5.81. The number of unbranched alkanes of at least 4 members (excludes halogenated alkanes) is 1. The molecule has 0 unspecified atom stereocenters. The Balaban J connectivity index is 1.73. The molecule has 0 saturated heterocycles. The number of rotatable bonds is 6. The summed E-state index contributed by atoms with van der Waals surface area (Å²) in [6.45, 7) is 2.84. The molecule has 0 spiro atoms. The van der Waals surface area contributed by atoms with Crippen molar-refractivity contribution in [3.63, 3.8) is 0 Å². The van der Waals surface area contributed by atoms with Gasteiger partial charge < -0.3 is 9.15 Å². The average molecular weight is 316 g/mol. The van der Waals surface area contributed by atoms with E-state index in [1.807, 2.05) is 18.2 Å². The zero-order valence-electron chi connectivity index (χ0n) is 12.2. The fourth-order valence-electron chi connectivity index (χ4n) is 1.95. The first-order valence-corrected chi connectivity index (χ1v) is 7.96. The monoisotopic (exact) mass is 316 g/mol. The minimum Gasteiger partial charge on any atom is -0.494 e. The van der Waals surface area contributed by atoms with Gasteiger partial charge >= 0.3 is 0 Å². The number of benzene rings is 1. The molecule has 2 aromatic heterocycles. The molecule has 22 heavy (non-hydrogen) atoms. The van der Waals surface area contributed by atoms with E-state index in [0.717, 1.165) is 28.8 Å². The standard InChI is InChI=1S/C16H16N2O3S/c1-2-3-8-20-11-6-7-12-14(10-11)22-16(17-12)18-15(19)13-5-4-9-21-13/h4-7,9-10H,2-3,8H2,1H3,(H,17,18,19). The number of carbonyl (C=O) groups is 1. The van der Waals surface area contributed by atoms with Crippen LogP contribution >= 0.6 is 11.3 Å². The first-order chi connectivity index (χ1) is 10.8. The van der Waals surface area contributed by atoms with Crippen LogP contribution < -0.4 is 10.1 Å². The van der Waals surface area contributed by atoms with E-state index in [-0.39, 0.29) is 11.7 Å². The lowest BCUT2D eigenvalue weighted by molar-refractivity contribution is 0.0996. The maximum atomic E-state index is 11.9. The summed E-state index contributed by atoms with van der Waals surface area (Å²) in [6.07, 6.45) is 3.60. The Bertz CT molecular complexity index is 765. The van der Waals surface area contributed by atoms with Gasteiger partial charge in [0.2, 0.25) is 0 Å². The summed E-state index contributed by atoms with van der Waals surface area (Å²) in [6, 6.07) is 9.03. The number of thiazole rings is 1. The number of amides is 1. The number of carbonyl (C=O) groups excluding carboxylic acids is 1. The molecule has 0 saturated carbocycles. The van der Waals surface area contributed by atoms with Gasteiger partial charge in [0, 0.05) is 0 Å². The molecule has 3 rings (SSSR count). The molecule has 0 aliphatic rings. The highest BCUT2D eigenvalue weighted by Gasteiger charge is 2.12. The number of aromatic nitrogens is 1. The van der Waals surface area contributed by atoms with Crippen LogP contribution in [0.15, 0.2) is 41.0 Å². The summed E-state index contributed by atoms with van der Waals surface area (Å²) in [5.74, 6) is 0.792. The van der Waals surface area contributed by atoms with Crippen LogP contribution in [-0.4, -0.2) is 17.5 Å². The summed E-state index contributed by atoms with van der Waals surface area (Å²) in [5, 5.41) is 3.28. The lowest BCUT2D eigenvalue weighted by Gasteiger charge is -2.04. The third-order valence-corrected chi connectivity index (χ3v) is 4.03. The fourth-order valence-corrected chi connectivity index (χ4v) is 2.84. The Kier molecular flexibility index (Phi) is 4.39. The van der Waals surface area contributed by atoms with Gasteiger partial charge in [0.05, 0.1) is 23.1 Å². The van der Waals surface area contributed by atoms with Crippen LogP contribution in [0.2, 0.25) is 0 Å². The number of nitrogens with one attached hydrogen (secondary N) is 1. The average Bonchev–Trinajstić information content (AvgIpc) is 3.16. The maximum absolute atomic E-state index is 11.9. The Morgan fingerprint density at radius 3 is 3.09 bits per heavy atom. The van der Waals surface area contributed by atoms with Crippen molar-refractivity contribution in [2.24, 2.45) is 0 Å². The normalized spacial score (nSPS) is 10.8. The van der Waals surface area contributed by atoms with Gasteiger partial charge in [-0.15, -0.1) is 0 Å². The number of hydrogen-bond acceptors (Lipinski definition) is 5. The molecule has 114 valence electrons. The van der Waals surface area contributed by atoms with Crippen molar-refractivity contribution in [3.8, 4) is 5.75 Å². The predicted molar refractivity (Wildman–Crippen MR) is 86.7 cm³/mol. The van der Waals surface area contributed by atoms with Crippen molar-refractivity contribution in [1.82, 2.24) is 4.98 Å². The summed E-state index contributed by atoms with van der Waals surface area (Å²) in [7, 11) is 0. The molecule has 1 aromatic carbocycles. The molecule has 0 radical (unpaired) electrons. The van der Waals surface area contributed by atoms with Crippen LogP contribution in [-0.2, 0) is 0 Å². The Labute approximate surface area is 131 Å². The number of furan rings is 1. The first kappa shape index (κ1) is 14.6. The molecule has 2 heterocycles. The minimum absolute atomic E-state index is 0.267. The number of anilines is 1. The van der Waals surface area contributed by atoms with Gasteiger partial charge in [0.25, 0.3) is 5.91 Å². The number of ether oxygens (including phenoxy) is 1. The number of nitrogens with zero attached hydrogens (tertiary/aromatic N) is 1. The zero-order valence-corrected chi connectivity index (χ0v) is 13.0. The van der Waals surface area contributed by atoms with Gasteiger partial charge in [-0.25, -0.2) is 4.98 Å². The molecule has 1 N–H and O–H groups in total. The molecule has 0 bridgehead atoms. The SMILES string of the molecule is CCCCOc1ccc2nc(NC(=O)c3ccco3)sc2c1. The third kappa shape index (κ3) is 3.28. The minimum atomic E-state index is -0.302. The van der Waals surface area contributed by atoms with Gasteiger partial charge in [-0.05, 0) is 36.8 Å². The number of hydrogen-bond donors (Lipinski definition) is 1. The molecular weight excluding hydrogens is 300 g/mol. The van der Waals surface area contributed by atoms with Crippen LogP contribution in [0.5, 0.6) is 5.75 Å². The van der Waals surface area contributed by atoms with E-state index in [1.165, 1.54) is 17.6 Å². The molecule has 3 aromatic rings. The van der Waals surface area contributed by atoms with Crippen molar-refractivity contribution >= 4 is 32.6 Å². The smallest absolute Gasteiger partial charge is 0.293 e. The van der Waals surface area contributed by atoms with Crippen molar-refractivity contribution in [2.75, 3.05) is 11.9 Å². The molecule has 6 heteroatoms. The second kappa shape index (κ2) is 6.62. The quantitative estimate of drug-likeness (QED) is 0.688. The highest BCUT2D eigenvalue weighted by atomic mass is 32.1. The van der Waals surface area contributed by atoms with Crippen LogP contribution in [0.3, 0.4) is 0 Å². The largest absolute Gasteiger partial charge is 0.494 e. The summed E-state index contributed by atoms with van der Waals surface area (Å²) >= 11 is 1.41. The van der Waals surface area contributed by atoms with E-state index >= 15 is 0 Å². The molecule has 0 atom stereocenters. The highest BCUT2D eigenvalue weighted by molar-refractivity contribution is 7.22. The first-order valence-electron chi connectivity index (χ1n) is 7.14. The van der Waals surface area contributed by atoms with Crippen LogP contribution in [0.4, 0.5) is 5.13 Å². The Morgan fingerprint density at radius 2 is 2.32 bits per heavy atom. The van der Waals surface area contributed by atoms with Crippen LogP contribution in [0.25, 0.3) is 10.2 Å². The van der Waals surface area contributed by atoms with Crippen molar-refractivity contribution in [1.29, 1.82) is 0 Å². The van der Waals surface area contributed by atoms with E-state index in [0.29, 0.717) is 11.7 Å². The third-order valence-electron chi connectivity index (χ3n) is 3.09. The lowest BCUT2D eigenvalue weighted by Crippen LogP contribution is -2.10. The molecule has 1 amide bonds. The maximum Gasteiger partial charge on any atom is 0.293 e. The fraction of sp³-hybridized carbons (Fsp3) is 0.250. The molecule has 0 aliphatic carbocycles. The number of fused-ring (bicyclic) bond motifs is 1. The molecule has 0 aliphatic heterocycles. The van der Waals surface area contributed by atoms with Crippen LogP contribution in [0.1, 0.15) is 30.3 Å². The van der Waals surface area contributed by atoms with Gasteiger partial charge in [-0.3, -0.25) is 10.1 Å². The summed E-state index contributed by atoms with van der Waals surface area (Å²) in [5.41, 5.74) is 0.836. The van der Waals surface area contributed by atoms with Gasteiger partial charge in [-0.2, -0.15) is 0 Å². The van der Waals surface area contributed by atoms with Crippen molar-refractivity contribution in [2.45, 2.75) is 19.8 Å². The van der Waals surface area contributed by atoms with E-state index in [2.05, 4.69) is 17.2 Å². The highest BCUT2D eigenvalue weighted by Crippen LogP contribution is 2.29. The second-order valence-electron chi connectivity index (χ2n) is 4.78. The van der Waals surface area contributed by atoms with E-state index in [9.17, 15) is 4.79 Å². The topological polar surface area (TPSA) is 64.4 Å². The van der Waals surface area contributed by atoms with Gasteiger partial charge in [-0.1, -0.05) is 24.7 Å². The van der Waals surface area contributed by atoms with E-state index in [4.69, 9.17) is 9.15 Å². The van der Waals surface area contributed by atoms with Crippen LogP contribution in [0, 0.1) is 0 Å². The zero-order chi connectivity index (χ0) is 15.4. The molecular formula is C16H16N2O3S.